The summed E-state index contributed by atoms with van der Waals surface area (Å²) in [4.78, 5) is 27.5. The molecule has 2 heterocycles. The molecule has 0 saturated heterocycles. The quantitative estimate of drug-likeness (QED) is 0.545. The molecule has 0 fully saturated rings. The molecule has 0 aliphatic heterocycles. The molecular weight excluding hydrogens is 282 g/mol. The highest BCUT2D eigenvalue weighted by molar-refractivity contribution is 6.13. The minimum Gasteiger partial charge on any atom is -0.475 e. The highest BCUT2D eigenvalue weighted by Crippen LogP contribution is 2.28. The molecule has 0 saturated carbocycles. The third-order valence-electron chi connectivity index (χ3n) is 3.66. The van der Waals surface area contributed by atoms with E-state index in [2.05, 4.69) is 4.98 Å². The smallest absolute Gasteiger partial charge is 0.371 e. The van der Waals surface area contributed by atoms with Crippen LogP contribution in [0.4, 0.5) is 0 Å². The molecule has 0 bridgehead atoms. The summed E-state index contributed by atoms with van der Waals surface area (Å²) in [5.74, 6) is -1.65. The van der Waals surface area contributed by atoms with Gasteiger partial charge in [0.1, 0.15) is 5.58 Å². The summed E-state index contributed by atoms with van der Waals surface area (Å²) in [5, 5.41) is 11.9. The number of benzene rings is 2. The summed E-state index contributed by atoms with van der Waals surface area (Å²) in [5.41, 5.74) is 0.512. The molecule has 0 unspecified atom stereocenters. The van der Waals surface area contributed by atoms with Crippen LogP contribution in [0.15, 0.2) is 57.9 Å². The summed E-state index contributed by atoms with van der Waals surface area (Å²) in [6.45, 7) is 0. The highest BCUT2D eigenvalue weighted by atomic mass is 16.4. The van der Waals surface area contributed by atoms with Gasteiger partial charge in [0.15, 0.2) is 5.43 Å². The van der Waals surface area contributed by atoms with E-state index in [4.69, 9.17) is 9.52 Å². The maximum Gasteiger partial charge on any atom is 0.371 e. The molecular formula is C17H9NO4. The normalized spacial score (nSPS) is 11.3. The van der Waals surface area contributed by atoms with Crippen molar-refractivity contribution in [2.45, 2.75) is 0 Å². The Bertz CT molecular complexity index is 1130. The van der Waals surface area contributed by atoms with Crippen molar-refractivity contribution in [2.24, 2.45) is 0 Å². The average molecular weight is 291 g/mol. The van der Waals surface area contributed by atoms with Crippen LogP contribution in [0, 0.1) is 0 Å². The molecule has 0 atom stereocenters. The van der Waals surface area contributed by atoms with E-state index in [0.29, 0.717) is 10.9 Å². The largest absolute Gasteiger partial charge is 0.475 e. The monoisotopic (exact) mass is 291 g/mol. The highest BCUT2D eigenvalue weighted by Gasteiger charge is 2.14. The van der Waals surface area contributed by atoms with Gasteiger partial charge in [-0.05, 0) is 11.5 Å². The number of carbonyl (C=O) groups is 1. The van der Waals surface area contributed by atoms with Gasteiger partial charge in [-0.2, -0.15) is 0 Å². The second-order valence-corrected chi connectivity index (χ2v) is 4.96. The molecule has 2 aromatic carbocycles. The summed E-state index contributed by atoms with van der Waals surface area (Å²) in [6.07, 6.45) is 1.43. The van der Waals surface area contributed by atoms with Crippen molar-refractivity contribution in [3.63, 3.8) is 0 Å². The second kappa shape index (κ2) is 4.39. The first-order valence-corrected chi connectivity index (χ1v) is 6.63. The Balaban J connectivity index is 2.25. The number of nitrogens with zero attached hydrogens (tertiary/aromatic N) is 1. The Morgan fingerprint density at radius 3 is 2.68 bits per heavy atom. The number of pyridine rings is 1. The summed E-state index contributed by atoms with van der Waals surface area (Å²) in [6, 6.07) is 12.4. The minimum absolute atomic E-state index is 0.251. The molecule has 4 aromatic rings. The van der Waals surface area contributed by atoms with Crippen molar-refractivity contribution < 1.29 is 14.3 Å². The fourth-order valence-corrected chi connectivity index (χ4v) is 2.64. The Kier molecular flexibility index (Phi) is 2.50. The zero-order valence-corrected chi connectivity index (χ0v) is 11.2. The predicted molar refractivity (Wildman–Crippen MR) is 82.3 cm³/mol. The Labute approximate surface area is 123 Å². The van der Waals surface area contributed by atoms with Gasteiger partial charge in [0, 0.05) is 23.0 Å². The van der Waals surface area contributed by atoms with Crippen LogP contribution in [0.1, 0.15) is 10.6 Å². The van der Waals surface area contributed by atoms with Crippen LogP contribution in [0.25, 0.3) is 32.6 Å². The van der Waals surface area contributed by atoms with Gasteiger partial charge < -0.3 is 9.52 Å². The number of hydrogen-bond acceptors (Lipinski definition) is 4. The number of carboxylic acid groups (broad SMARTS) is 1. The van der Waals surface area contributed by atoms with E-state index in [1.165, 1.54) is 6.20 Å². The first-order chi connectivity index (χ1) is 10.6. The fraction of sp³-hybridized carbons (Fsp3) is 0. The van der Waals surface area contributed by atoms with Crippen molar-refractivity contribution in [1.29, 1.82) is 0 Å². The zero-order valence-electron chi connectivity index (χ0n) is 11.2. The van der Waals surface area contributed by atoms with Crippen molar-refractivity contribution in [3.8, 4) is 0 Å². The second-order valence-electron chi connectivity index (χ2n) is 4.96. The summed E-state index contributed by atoms with van der Waals surface area (Å²) in [7, 11) is 0. The third-order valence-corrected chi connectivity index (χ3v) is 3.66. The molecule has 0 aliphatic carbocycles. The number of aromatic carboxylic acids is 1. The lowest BCUT2D eigenvalue weighted by Crippen LogP contribution is -2.07. The van der Waals surface area contributed by atoms with Crippen molar-refractivity contribution in [2.75, 3.05) is 0 Å². The Morgan fingerprint density at radius 2 is 1.86 bits per heavy atom. The molecule has 106 valence electrons. The first kappa shape index (κ1) is 12.5. The van der Waals surface area contributed by atoms with E-state index in [1.54, 1.807) is 6.07 Å². The molecule has 0 aliphatic rings. The maximum absolute atomic E-state index is 12.0. The molecule has 5 heteroatoms. The van der Waals surface area contributed by atoms with E-state index in [9.17, 15) is 9.59 Å². The number of rotatable bonds is 1. The van der Waals surface area contributed by atoms with Crippen LogP contribution in [0.5, 0.6) is 0 Å². The van der Waals surface area contributed by atoms with E-state index >= 15 is 0 Å². The van der Waals surface area contributed by atoms with Gasteiger partial charge in [0.25, 0.3) is 0 Å². The molecule has 2 aromatic heterocycles. The molecule has 5 nitrogen and oxygen atoms in total. The lowest BCUT2D eigenvalue weighted by Gasteiger charge is -2.06. The van der Waals surface area contributed by atoms with Gasteiger partial charge in [0.2, 0.25) is 5.76 Å². The van der Waals surface area contributed by atoms with Crippen LogP contribution >= 0.6 is 0 Å². The number of hydrogen-bond donors (Lipinski definition) is 1. The van der Waals surface area contributed by atoms with Gasteiger partial charge in [-0.1, -0.05) is 30.3 Å². The zero-order chi connectivity index (χ0) is 15.3. The van der Waals surface area contributed by atoms with Gasteiger partial charge in [-0.15, -0.1) is 0 Å². The maximum atomic E-state index is 12.0. The Hall–Kier alpha value is -3.21. The molecule has 0 spiro atoms. The number of aromatic nitrogens is 1. The predicted octanol–water partition coefficient (Wildman–Crippen LogP) is 3.19. The number of carboxylic acids is 1. The van der Waals surface area contributed by atoms with Gasteiger partial charge >= 0.3 is 5.97 Å². The van der Waals surface area contributed by atoms with E-state index in [0.717, 1.165) is 16.8 Å². The van der Waals surface area contributed by atoms with Crippen LogP contribution in [-0.2, 0) is 0 Å². The Morgan fingerprint density at radius 1 is 1.05 bits per heavy atom. The lowest BCUT2D eigenvalue weighted by molar-refractivity contribution is 0.0663. The topological polar surface area (TPSA) is 80.4 Å². The SMILES string of the molecule is O=C(O)c1cc(=O)c2cnc3c4ccccc4ccc3c2o1. The molecule has 1 N–H and O–H groups in total. The standard InChI is InChI=1S/C17H9NO4/c19-13-7-14(17(20)21)22-16-11-6-5-9-3-1-2-4-10(9)15(11)18-8-12(13)16/h1-8H,(H,20,21). The van der Waals surface area contributed by atoms with Crippen LogP contribution < -0.4 is 5.43 Å². The van der Waals surface area contributed by atoms with Crippen LogP contribution in [-0.4, -0.2) is 16.1 Å². The molecule has 22 heavy (non-hydrogen) atoms. The van der Waals surface area contributed by atoms with Crippen molar-refractivity contribution in [1.82, 2.24) is 4.98 Å². The molecule has 0 radical (unpaired) electrons. The van der Waals surface area contributed by atoms with Gasteiger partial charge in [-0.3, -0.25) is 9.78 Å². The van der Waals surface area contributed by atoms with Crippen molar-refractivity contribution >= 4 is 38.6 Å². The van der Waals surface area contributed by atoms with E-state index in [1.807, 2.05) is 30.3 Å². The van der Waals surface area contributed by atoms with Crippen LogP contribution in [0.2, 0.25) is 0 Å². The van der Waals surface area contributed by atoms with Gasteiger partial charge in [0.05, 0.1) is 10.9 Å². The van der Waals surface area contributed by atoms with E-state index in [-0.39, 0.29) is 16.7 Å². The van der Waals surface area contributed by atoms with E-state index < -0.39 is 11.4 Å². The summed E-state index contributed by atoms with van der Waals surface area (Å²) >= 11 is 0. The molecule has 4 rings (SSSR count). The third kappa shape index (κ3) is 1.69. The first-order valence-electron chi connectivity index (χ1n) is 6.63. The van der Waals surface area contributed by atoms with Crippen molar-refractivity contribution in [3.05, 3.63) is 64.6 Å². The fourth-order valence-electron chi connectivity index (χ4n) is 2.64. The van der Waals surface area contributed by atoms with Gasteiger partial charge in [-0.25, -0.2) is 4.79 Å². The summed E-state index contributed by atoms with van der Waals surface area (Å²) < 4.78 is 5.43. The number of fused-ring (bicyclic) bond motifs is 5. The average Bonchev–Trinajstić information content (AvgIpc) is 2.54. The van der Waals surface area contributed by atoms with Crippen LogP contribution in [0.3, 0.4) is 0 Å². The minimum atomic E-state index is -1.27. The molecule has 0 amide bonds. The lowest BCUT2D eigenvalue weighted by atomic mass is 10.0.